The van der Waals surface area contributed by atoms with Gasteiger partial charge in [-0.25, -0.2) is 4.39 Å². The molecule has 2 aromatic carbocycles. The minimum atomic E-state index is -0.183. The Morgan fingerprint density at radius 2 is 1.83 bits per heavy atom. The zero-order valence-electron chi connectivity index (χ0n) is 13.6. The minimum absolute atomic E-state index is 0.0235. The van der Waals surface area contributed by atoms with Gasteiger partial charge < -0.3 is 10.6 Å². The second kappa shape index (κ2) is 5.62. The van der Waals surface area contributed by atoms with Gasteiger partial charge >= 0.3 is 0 Å². The Bertz CT molecular complexity index is 779. The number of carbonyl (C=O) groups is 1. The van der Waals surface area contributed by atoms with E-state index in [1.54, 1.807) is 23.1 Å². The molecule has 4 heteroatoms. The Hall–Kier alpha value is -2.36. The maximum Gasteiger partial charge on any atom is 0.231 e. The molecular formula is C20H21FN2O. The maximum atomic E-state index is 14.5. The summed E-state index contributed by atoms with van der Waals surface area (Å²) < 4.78 is 14.5. The predicted molar refractivity (Wildman–Crippen MR) is 93.5 cm³/mol. The monoisotopic (exact) mass is 324 g/mol. The van der Waals surface area contributed by atoms with Crippen molar-refractivity contribution in [2.24, 2.45) is 0 Å². The fraction of sp³-hybridized carbons (Fsp3) is 0.350. The second-order valence-corrected chi connectivity index (χ2v) is 7.02. The normalized spacial score (nSPS) is 18.1. The van der Waals surface area contributed by atoms with Crippen LogP contribution >= 0.6 is 0 Å². The summed E-state index contributed by atoms with van der Waals surface area (Å²) in [6.45, 7) is 0.608. The van der Waals surface area contributed by atoms with Crippen LogP contribution in [0.5, 0.6) is 0 Å². The molecule has 1 aliphatic heterocycles. The molecule has 2 aromatic rings. The van der Waals surface area contributed by atoms with E-state index in [4.69, 9.17) is 5.73 Å². The molecule has 1 fully saturated rings. The molecule has 0 aromatic heterocycles. The highest BCUT2D eigenvalue weighted by Gasteiger charge is 2.47. The van der Waals surface area contributed by atoms with E-state index in [0.29, 0.717) is 18.7 Å². The van der Waals surface area contributed by atoms with Gasteiger partial charge in [0.05, 0.1) is 12.1 Å². The first-order chi connectivity index (χ1) is 11.6. The molecule has 0 unspecified atom stereocenters. The summed E-state index contributed by atoms with van der Waals surface area (Å²) in [5.74, 6) is -0.146. The summed E-state index contributed by atoms with van der Waals surface area (Å²) in [5, 5.41) is 0. The molecule has 0 atom stereocenters. The van der Waals surface area contributed by atoms with E-state index in [2.05, 4.69) is 0 Å². The molecule has 2 aliphatic rings. The quantitative estimate of drug-likeness (QED) is 0.854. The van der Waals surface area contributed by atoms with Crippen LogP contribution in [-0.2, 0) is 16.6 Å². The Kier molecular flexibility index (Phi) is 3.56. The first-order valence-corrected chi connectivity index (χ1v) is 8.53. The molecule has 3 nitrogen and oxygen atoms in total. The van der Waals surface area contributed by atoms with E-state index >= 15 is 0 Å². The molecule has 1 amide bonds. The summed E-state index contributed by atoms with van der Waals surface area (Å²) in [6, 6.07) is 12.5. The molecular weight excluding hydrogens is 303 g/mol. The Balaban J connectivity index is 1.66. The Morgan fingerprint density at radius 3 is 2.54 bits per heavy atom. The first kappa shape index (κ1) is 15.2. The SMILES string of the molecule is Nc1ccc(CC(=O)N2CC3(CCCC3)c3c(F)cccc32)cc1. The Labute approximate surface area is 141 Å². The van der Waals surface area contributed by atoms with Crippen molar-refractivity contribution >= 4 is 17.3 Å². The molecule has 1 heterocycles. The number of hydrogen-bond acceptors (Lipinski definition) is 2. The largest absolute Gasteiger partial charge is 0.399 e. The summed E-state index contributed by atoms with van der Waals surface area (Å²) in [5.41, 5.74) is 8.65. The molecule has 0 bridgehead atoms. The topological polar surface area (TPSA) is 46.3 Å². The van der Waals surface area contributed by atoms with Gasteiger partial charge in [-0.15, -0.1) is 0 Å². The average molecular weight is 324 g/mol. The van der Waals surface area contributed by atoms with Gasteiger partial charge in [0.25, 0.3) is 0 Å². The summed E-state index contributed by atoms with van der Waals surface area (Å²) in [7, 11) is 0. The molecule has 124 valence electrons. The van der Waals surface area contributed by atoms with Gasteiger partial charge in [0, 0.05) is 23.2 Å². The summed E-state index contributed by atoms with van der Waals surface area (Å²) in [4.78, 5) is 14.7. The van der Waals surface area contributed by atoms with Crippen molar-refractivity contribution in [3.05, 3.63) is 59.4 Å². The van der Waals surface area contributed by atoms with Crippen LogP contribution in [-0.4, -0.2) is 12.5 Å². The number of fused-ring (bicyclic) bond motifs is 2. The number of nitrogens with zero attached hydrogens (tertiary/aromatic N) is 1. The van der Waals surface area contributed by atoms with Gasteiger partial charge in [0.2, 0.25) is 5.91 Å². The van der Waals surface area contributed by atoms with Gasteiger partial charge in [-0.3, -0.25) is 4.79 Å². The van der Waals surface area contributed by atoms with E-state index in [1.165, 1.54) is 6.07 Å². The number of anilines is 2. The third kappa shape index (κ3) is 2.37. The van der Waals surface area contributed by atoms with Crippen molar-refractivity contribution in [1.82, 2.24) is 0 Å². The maximum absolute atomic E-state index is 14.5. The van der Waals surface area contributed by atoms with Gasteiger partial charge in [0.1, 0.15) is 5.82 Å². The van der Waals surface area contributed by atoms with Crippen molar-refractivity contribution in [3.8, 4) is 0 Å². The van der Waals surface area contributed by atoms with Crippen LogP contribution in [0.2, 0.25) is 0 Å². The second-order valence-electron chi connectivity index (χ2n) is 7.02. The van der Waals surface area contributed by atoms with Gasteiger partial charge in [0.15, 0.2) is 0 Å². The number of benzene rings is 2. The molecule has 1 aliphatic carbocycles. The highest BCUT2D eigenvalue weighted by atomic mass is 19.1. The van der Waals surface area contributed by atoms with E-state index in [1.807, 2.05) is 18.2 Å². The van der Waals surface area contributed by atoms with Crippen molar-refractivity contribution in [1.29, 1.82) is 0 Å². The predicted octanol–water partition coefficient (Wildman–Crippen LogP) is 3.81. The highest BCUT2D eigenvalue weighted by molar-refractivity contribution is 5.97. The van der Waals surface area contributed by atoms with Crippen LogP contribution in [0.3, 0.4) is 0 Å². The Morgan fingerprint density at radius 1 is 1.12 bits per heavy atom. The number of carbonyl (C=O) groups excluding carboxylic acids is 1. The summed E-state index contributed by atoms with van der Waals surface area (Å²) >= 11 is 0. The van der Waals surface area contributed by atoms with Crippen molar-refractivity contribution in [2.45, 2.75) is 37.5 Å². The fourth-order valence-corrected chi connectivity index (χ4v) is 4.32. The van der Waals surface area contributed by atoms with Gasteiger partial charge in [-0.05, 0) is 42.7 Å². The van der Waals surface area contributed by atoms with Crippen molar-refractivity contribution < 1.29 is 9.18 Å². The van der Waals surface area contributed by atoms with Gasteiger partial charge in [-0.2, -0.15) is 0 Å². The minimum Gasteiger partial charge on any atom is -0.399 e. The van der Waals surface area contributed by atoms with Crippen LogP contribution in [0, 0.1) is 5.82 Å². The first-order valence-electron chi connectivity index (χ1n) is 8.53. The third-order valence-corrected chi connectivity index (χ3v) is 5.47. The van der Waals surface area contributed by atoms with E-state index in [9.17, 15) is 9.18 Å². The zero-order valence-corrected chi connectivity index (χ0v) is 13.6. The van der Waals surface area contributed by atoms with Crippen LogP contribution in [0.1, 0.15) is 36.8 Å². The van der Waals surface area contributed by atoms with Crippen molar-refractivity contribution in [2.75, 3.05) is 17.2 Å². The van der Waals surface area contributed by atoms with E-state index in [0.717, 1.165) is 42.5 Å². The van der Waals surface area contributed by atoms with Crippen LogP contribution < -0.4 is 10.6 Å². The van der Waals surface area contributed by atoms with Crippen molar-refractivity contribution in [3.63, 3.8) is 0 Å². The number of nitrogen functional groups attached to an aromatic ring is 1. The molecule has 4 rings (SSSR count). The number of hydrogen-bond donors (Lipinski definition) is 1. The standard InChI is InChI=1S/C20H21FN2O/c21-16-4-3-5-17-19(16)20(10-1-2-11-20)13-23(17)18(24)12-14-6-8-15(22)9-7-14/h3-9H,1-2,10-13,22H2. The fourth-order valence-electron chi connectivity index (χ4n) is 4.32. The molecule has 0 saturated heterocycles. The van der Waals surface area contributed by atoms with E-state index < -0.39 is 0 Å². The molecule has 2 N–H and O–H groups in total. The van der Waals surface area contributed by atoms with E-state index in [-0.39, 0.29) is 17.1 Å². The molecule has 1 saturated carbocycles. The van der Waals surface area contributed by atoms with Gasteiger partial charge in [-0.1, -0.05) is 31.0 Å². The number of amides is 1. The van der Waals surface area contributed by atoms with Crippen LogP contribution in [0.4, 0.5) is 15.8 Å². The lowest BCUT2D eigenvalue weighted by Gasteiger charge is -2.25. The lowest BCUT2D eigenvalue weighted by atomic mass is 9.80. The number of halogens is 1. The lowest BCUT2D eigenvalue weighted by molar-refractivity contribution is -0.118. The molecule has 0 radical (unpaired) electrons. The van der Waals surface area contributed by atoms with Crippen LogP contribution in [0.15, 0.2) is 42.5 Å². The summed E-state index contributed by atoms with van der Waals surface area (Å²) in [6.07, 6.45) is 4.45. The molecule has 24 heavy (non-hydrogen) atoms. The van der Waals surface area contributed by atoms with Crippen LogP contribution in [0.25, 0.3) is 0 Å². The smallest absolute Gasteiger partial charge is 0.231 e. The zero-order chi connectivity index (χ0) is 16.7. The average Bonchev–Trinajstić information content (AvgIpc) is 3.17. The number of rotatable bonds is 2. The highest BCUT2D eigenvalue weighted by Crippen LogP contribution is 2.51. The molecule has 1 spiro atoms. The third-order valence-electron chi connectivity index (χ3n) is 5.47. The lowest BCUT2D eigenvalue weighted by Crippen LogP contribution is -2.36. The number of nitrogens with two attached hydrogens (primary N) is 1.